The molecular formula is C16H19NO3S. The fraction of sp³-hybridized carbons (Fsp3) is 0.250. The first-order valence-electron chi connectivity index (χ1n) is 6.85. The molecule has 0 amide bonds. The number of rotatable bonds is 6. The molecule has 1 atom stereocenters. The number of aliphatic hydroxyl groups excluding tert-OH is 1. The van der Waals surface area contributed by atoms with Gasteiger partial charge in [-0.15, -0.1) is 0 Å². The summed E-state index contributed by atoms with van der Waals surface area (Å²) in [5.41, 5.74) is 2.00. The van der Waals surface area contributed by atoms with Gasteiger partial charge in [0.25, 0.3) is 0 Å². The van der Waals surface area contributed by atoms with Crippen LogP contribution in [-0.4, -0.2) is 26.2 Å². The first-order chi connectivity index (χ1) is 10.1. The molecule has 0 aliphatic rings. The van der Waals surface area contributed by atoms with Gasteiger partial charge in [0.15, 0.2) is 0 Å². The van der Waals surface area contributed by atoms with E-state index in [0.717, 1.165) is 11.1 Å². The van der Waals surface area contributed by atoms with Gasteiger partial charge in [0.1, 0.15) is 0 Å². The standard InChI is InChI=1S/C16H19NO3S/c1-2-15(12-18)17-21(19,20)16-10-8-14(9-11-16)13-6-4-3-5-7-13/h3-11,15,17-18H,2,12H2,1H3/t15-/m1/s1. The third-order valence-electron chi connectivity index (χ3n) is 3.31. The molecular weight excluding hydrogens is 286 g/mol. The molecule has 112 valence electrons. The SMILES string of the molecule is CC[C@H](CO)NS(=O)(=O)c1ccc(-c2ccccc2)cc1. The van der Waals surface area contributed by atoms with E-state index in [1.807, 2.05) is 37.3 Å². The van der Waals surface area contributed by atoms with Crippen LogP contribution in [0.2, 0.25) is 0 Å². The van der Waals surface area contributed by atoms with Crippen molar-refractivity contribution >= 4 is 10.0 Å². The number of nitrogens with one attached hydrogen (secondary N) is 1. The Bertz CT molecular complexity index is 662. The van der Waals surface area contributed by atoms with E-state index >= 15 is 0 Å². The fourth-order valence-corrected chi connectivity index (χ4v) is 3.30. The van der Waals surface area contributed by atoms with Crippen molar-refractivity contribution in [3.8, 4) is 11.1 Å². The zero-order valence-corrected chi connectivity index (χ0v) is 12.7. The summed E-state index contributed by atoms with van der Waals surface area (Å²) in [7, 11) is -3.59. The van der Waals surface area contributed by atoms with E-state index in [0.29, 0.717) is 6.42 Å². The monoisotopic (exact) mass is 305 g/mol. The van der Waals surface area contributed by atoms with Gasteiger partial charge in [-0.05, 0) is 29.7 Å². The summed E-state index contributed by atoms with van der Waals surface area (Å²) < 4.78 is 26.9. The van der Waals surface area contributed by atoms with Crippen molar-refractivity contribution in [1.29, 1.82) is 0 Å². The average molecular weight is 305 g/mol. The van der Waals surface area contributed by atoms with Gasteiger partial charge >= 0.3 is 0 Å². The Balaban J connectivity index is 2.22. The van der Waals surface area contributed by atoms with Crippen LogP contribution in [0.15, 0.2) is 59.5 Å². The van der Waals surface area contributed by atoms with Crippen molar-refractivity contribution in [3.05, 3.63) is 54.6 Å². The molecule has 4 nitrogen and oxygen atoms in total. The maximum absolute atomic E-state index is 12.2. The quantitative estimate of drug-likeness (QED) is 0.861. The zero-order valence-electron chi connectivity index (χ0n) is 11.9. The number of hydrogen-bond donors (Lipinski definition) is 2. The predicted molar refractivity (Wildman–Crippen MR) is 83.4 cm³/mol. The van der Waals surface area contributed by atoms with Crippen LogP contribution in [0.4, 0.5) is 0 Å². The predicted octanol–water partition coefficient (Wildman–Crippen LogP) is 2.40. The number of aliphatic hydroxyl groups is 1. The minimum absolute atomic E-state index is 0.203. The molecule has 21 heavy (non-hydrogen) atoms. The van der Waals surface area contributed by atoms with Crippen LogP contribution >= 0.6 is 0 Å². The van der Waals surface area contributed by atoms with Crippen LogP contribution in [0, 0.1) is 0 Å². The molecule has 0 spiro atoms. The van der Waals surface area contributed by atoms with Crippen LogP contribution in [0.5, 0.6) is 0 Å². The second kappa shape index (κ2) is 6.85. The molecule has 0 aromatic heterocycles. The molecule has 0 bridgehead atoms. The summed E-state index contributed by atoms with van der Waals surface area (Å²) in [5.74, 6) is 0. The Labute approximate surface area is 125 Å². The first-order valence-corrected chi connectivity index (χ1v) is 8.34. The summed E-state index contributed by atoms with van der Waals surface area (Å²) in [6.07, 6.45) is 0.540. The van der Waals surface area contributed by atoms with E-state index in [2.05, 4.69) is 4.72 Å². The van der Waals surface area contributed by atoms with E-state index in [-0.39, 0.29) is 11.5 Å². The molecule has 0 fully saturated rings. The third kappa shape index (κ3) is 3.91. The third-order valence-corrected chi connectivity index (χ3v) is 4.84. The Kier molecular flexibility index (Phi) is 5.12. The highest BCUT2D eigenvalue weighted by molar-refractivity contribution is 7.89. The molecule has 2 aromatic rings. The summed E-state index contributed by atoms with van der Waals surface area (Å²) >= 11 is 0. The van der Waals surface area contributed by atoms with Gasteiger partial charge < -0.3 is 5.11 Å². The zero-order chi connectivity index (χ0) is 15.3. The topological polar surface area (TPSA) is 66.4 Å². The highest BCUT2D eigenvalue weighted by Gasteiger charge is 2.18. The Morgan fingerprint density at radius 3 is 2.10 bits per heavy atom. The average Bonchev–Trinajstić information content (AvgIpc) is 2.53. The van der Waals surface area contributed by atoms with Crippen molar-refractivity contribution in [2.75, 3.05) is 6.61 Å². The van der Waals surface area contributed by atoms with Gasteiger partial charge in [-0.25, -0.2) is 13.1 Å². The highest BCUT2D eigenvalue weighted by Crippen LogP contribution is 2.21. The van der Waals surface area contributed by atoms with Crippen LogP contribution < -0.4 is 4.72 Å². The fourth-order valence-electron chi connectivity index (χ4n) is 1.99. The molecule has 0 aliphatic carbocycles. The molecule has 0 saturated heterocycles. The van der Waals surface area contributed by atoms with Gasteiger partial charge in [0, 0.05) is 6.04 Å². The minimum Gasteiger partial charge on any atom is -0.395 e. The molecule has 2 N–H and O–H groups in total. The molecule has 0 aliphatic heterocycles. The van der Waals surface area contributed by atoms with Crippen LogP contribution in [0.3, 0.4) is 0 Å². The van der Waals surface area contributed by atoms with E-state index in [1.165, 1.54) is 0 Å². The van der Waals surface area contributed by atoms with Crippen molar-refractivity contribution in [2.45, 2.75) is 24.3 Å². The largest absolute Gasteiger partial charge is 0.395 e. The number of sulfonamides is 1. The Hall–Kier alpha value is -1.69. The maximum atomic E-state index is 12.2. The lowest BCUT2D eigenvalue weighted by Gasteiger charge is -2.14. The van der Waals surface area contributed by atoms with Crippen LogP contribution in [0.25, 0.3) is 11.1 Å². The second-order valence-corrected chi connectivity index (χ2v) is 6.51. The van der Waals surface area contributed by atoms with E-state index < -0.39 is 16.1 Å². The van der Waals surface area contributed by atoms with Crippen molar-refractivity contribution < 1.29 is 13.5 Å². The van der Waals surface area contributed by atoms with Gasteiger partial charge in [-0.1, -0.05) is 49.4 Å². The van der Waals surface area contributed by atoms with E-state index in [9.17, 15) is 8.42 Å². The molecule has 0 unspecified atom stereocenters. The normalized spacial score (nSPS) is 13.0. The lowest BCUT2D eigenvalue weighted by Crippen LogP contribution is -2.36. The molecule has 0 radical (unpaired) electrons. The lowest BCUT2D eigenvalue weighted by molar-refractivity contribution is 0.254. The summed E-state index contributed by atoms with van der Waals surface area (Å²) in [5, 5.41) is 9.10. The van der Waals surface area contributed by atoms with Gasteiger partial charge in [-0.2, -0.15) is 0 Å². The second-order valence-electron chi connectivity index (χ2n) is 4.80. The lowest BCUT2D eigenvalue weighted by atomic mass is 10.1. The minimum atomic E-state index is -3.59. The Morgan fingerprint density at radius 1 is 1.00 bits per heavy atom. The molecule has 0 saturated carbocycles. The summed E-state index contributed by atoms with van der Waals surface area (Å²) in [4.78, 5) is 0.203. The number of benzene rings is 2. The molecule has 2 rings (SSSR count). The summed E-state index contributed by atoms with van der Waals surface area (Å²) in [6.45, 7) is 1.61. The first kappa shape index (κ1) is 15.7. The Morgan fingerprint density at radius 2 is 1.57 bits per heavy atom. The van der Waals surface area contributed by atoms with Crippen molar-refractivity contribution in [2.24, 2.45) is 0 Å². The van der Waals surface area contributed by atoms with E-state index in [4.69, 9.17) is 5.11 Å². The van der Waals surface area contributed by atoms with Gasteiger partial charge in [-0.3, -0.25) is 0 Å². The van der Waals surface area contributed by atoms with Crippen LogP contribution in [0.1, 0.15) is 13.3 Å². The highest BCUT2D eigenvalue weighted by atomic mass is 32.2. The van der Waals surface area contributed by atoms with Crippen LogP contribution in [-0.2, 0) is 10.0 Å². The van der Waals surface area contributed by atoms with Gasteiger partial charge in [0.05, 0.1) is 11.5 Å². The van der Waals surface area contributed by atoms with E-state index in [1.54, 1.807) is 24.3 Å². The smallest absolute Gasteiger partial charge is 0.240 e. The molecule has 0 heterocycles. The number of hydrogen-bond acceptors (Lipinski definition) is 3. The summed E-state index contributed by atoms with van der Waals surface area (Å²) in [6, 6.07) is 16.0. The van der Waals surface area contributed by atoms with Crippen molar-refractivity contribution in [3.63, 3.8) is 0 Å². The van der Waals surface area contributed by atoms with Gasteiger partial charge in [0.2, 0.25) is 10.0 Å². The molecule has 5 heteroatoms. The maximum Gasteiger partial charge on any atom is 0.240 e. The van der Waals surface area contributed by atoms with Crippen molar-refractivity contribution in [1.82, 2.24) is 4.72 Å². The molecule has 2 aromatic carbocycles.